The van der Waals surface area contributed by atoms with E-state index in [0.717, 1.165) is 89.9 Å². The van der Waals surface area contributed by atoms with Gasteiger partial charge >= 0.3 is 47.8 Å². The molecule has 556 valence electrons. The van der Waals surface area contributed by atoms with Crippen LogP contribution in [0, 0.1) is 11.8 Å². The molecule has 4 atom stereocenters. The third kappa shape index (κ3) is 64.2. The number of hydrogen-bond acceptors (Lipinski definition) is 14. The maximum absolute atomic E-state index is 13.3. The predicted octanol–water partition coefficient (Wildman–Crippen LogP) is 21.5. The summed E-state index contributed by atoms with van der Waals surface area (Å²) in [6.07, 6.45) is 56.1. The molecule has 0 aliphatic carbocycles. The molecule has 16 nitrogen and oxygen atoms in total. The van der Waals surface area contributed by atoms with E-state index in [1.54, 1.807) is 0 Å². The lowest BCUT2D eigenvalue weighted by atomic mass is 9.90. The van der Waals surface area contributed by atoms with Gasteiger partial charge in [0, 0.05) is 25.7 Å². The molecule has 0 radical (unpaired) electrons. The fourth-order valence-corrected chi connectivity index (χ4v) is 12.2. The molecular formula is C79H144O16. The molecule has 0 aromatic rings. The molecule has 95 heavy (non-hydrogen) atoms. The summed E-state index contributed by atoms with van der Waals surface area (Å²) in [6, 6.07) is 0. The van der Waals surface area contributed by atoms with E-state index in [2.05, 4.69) is 27.7 Å². The SMILES string of the molecule is CCCCCCCCCCCCCCCC(=O)OCC(COC(=O)CC(CC(CC(=O)OCC(COC(=O)CCCCCCCCCCCCCCC)OC(=O)CCCCCCCCCCCCCCC)C(=O)O)C(=O)O)OC(=O)CCCCCCCCCCCCCCC. The Morgan fingerprint density at radius 3 is 0.589 bits per heavy atom. The summed E-state index contributed by atoms with van der Waals surface area (Å²) in [5.74, 6) is -10.3. The lowest BCUT2D eigenvalue weighted by molar-refractivity contribution is -0.168. The molecule has 0 saturated heterocycles. The molecule has 0 heterocycles. The number of rotatable bonds is 74. The van der Waals surface area contributed by atoms with E-state index >= 15 is 0 Å². The van der Waals surface area contributed by atoms with Crippen LogP contribution in [-0.2, 0) is 66.8 Å². The second-order valence-electron chi connectivity index (χ2n) is 27.6. The quantitative estimate of drug-likeness (QED) is 0.0327. The van der Waals surface area contributed by atoms with Crippen molar-refractivity contribution < 1.29 is 77.0 Å². The molecule has 2 N–H and O–H groups in total. The largest absolute Gasteiger partial charge is 0.481 e. The fraction of sp³-hybridized carbons (Fsp3) is 0.899. The summed E-state index contributed by atoms with van der Waals surface area (Å²) in [5.41, 5.74) is 0. The van der Waals surface area contributed by atoms with Crippen LogP contribution in [0.3, 0.4) is 0 Å². The van der Waals surface area contributed by atoms with E-state index in [4.69, 9.17) is 28.4 Å². The van der Waals surface area contributed by atoms with Crippen LogP contribution in [0.15, 0.2) is 0 Å². The van der Waals surface area contributed by atoms with Gasteiger partial charge in [0.2, 0.25) is 0 Å². The topological polar surface area (TPSA) is 232 Å². The molecule has 4 unspecified atom stereocenters. The van der Waals surface area contributed by atoms with Gasteiger partial charge in [0.25, 0.3) is 0 Å². The maximum atomic E-state index is 13.3. The zero-order chi connectivity index (χ0) is 69.7. The highest BCUT2D eigenvalue weighted by Crippen LogP contribution is 2.23. The van der Waals surface area contributed by atoms with Crippen LogP contribution in [-0.4, -0.2) is 96.6 Å². The first-order chi connectivity index (χ1) is 46.3. The predicted molar refractivity (Wildman–Crippen MR) is 381 cm³/mol. The normalized spacial score (nSPS) is 12.6. The highest BCUT2D eigenvalue weighted by atomic mass is 16.6. The number of carbonyl (C=O) groups excluding carboxylic acids is 6. The Balaban J connectivity index is 5.52. The van der Waals surface area contributed by atoms with Gasteiger partial charge in [-0.15, -0.1) is 0 Å². The van der Waals surface area contributed by atoms with Crippen molar-refractivity contribution in [3.8, 4) is 0 Å². The van der Waals surface area contributed by atoms with Crippen LogP contribution in [0.25, 0.3) is 0 Å². The lowest BCUT2D eigenvalue weighted by Gasteiger charge is -2.20. The molecule has 16 heteroatoms. The van der Waals surface area contributed by atoms with Crippen molar-refractivity contribution >= 4 is 47.8 Å². The van der Waals surface area contributed by atoms with Crippen LogP contribution in [0.4, 0.5) is 0 Å². The zero-order valence-corrected chi connectivity index (χ0v) is 61.5. The van der Waals surface area contributed by atoms with Gasteiger partial charge in [-0.25, -0.2) is 0 Å². The number of esters is 6. The summed E-state index contributed by atoms with van der Waals surface area (Å²) in [6.45, 7) is 7.11. The van der Waals surface area contributed by atoms with Gasteiger partial charge in [0.1, 0.15) is 26.4 Å². The molecule has 0 amide bonds. The van der Waals surface area contributed by atoms with Crippen molar-refractivity contribution in [3.63, 3.8) is 0 Å². The van der Waals surface area contributed by atoms with Crippen LogP contribution < -0.4 is 0 Å². The van der Waals surface area contributed by atoms with Crippen molar-refractivity contribution in [2.24, 2.45) is 11.8 Å². The summed E-state index contributed by atoms with van der Waals surface area (Å²) < 4.78 is 33.2. The molecule has 0 spiro atoms. The maximum Gasteiger partial charge on any atom is 0.307 e. The number of carbonyl (C=O) groups is 8. The molecule has 0 fully saturated rings. The molecule has 0 aromatic heterocycles. The lowest BCUT2D eigenvalue weighted by Crippen LogP contribution is -2.33. The van der Waals surface area contributed by atoms with E-state index in [-0.39, 0.29) is 38.9 Å². The zero-order valence-electron chi connectivity index (χ0n) is 61.5. The Morgan fingerprint density at radius 1 is 0.232 bits per heavy atom. The standard InChI is InChI=1S/C79H144O16/c1-5-9-13-17-21-25-29-33-37-41-45-49-53-57-72(80)90-64-70(94-74(82)59-55-51-47-43-39-35-31-27-23-19-15-11-7-3)66-92-76(84)62-68(78(86)87)61-69(79(88)89)63-77(85)93-67-71(95-75(83)60-56-52-48-44-40-36-32-28-24-20-16-12-8-4)65-91-73(81)58-54-50-46-42-38-34-30-26-22-18-14-10-6-2/h68-71H,5-67H2,1-4H3,(H,86,87)(H,88,89). The fourth-order valence-electron chi connectivity index (χ4n) is 12.2. The summed E-state index contributed by atoms with van der Waals surface area (Å²) in [7, 11) is 0. The molecule has 0 aliphatic heterocycles. The Bertz CT molecular complexity index is 1710. The summed E-state index contributed by atoms with van der Waals surface area (Å²) in [4.78, 5) is 104. The number of unbranched alkanes of at least 4 members (excludes halogenated alkanes) is 48. The third-order valence-electron chi connectivity index (χ3n) is 18.3. The van der Waals surface area contributed by atoms with E-state index in [1.807, 2.05) is 0 Å². The van der Waals surface area contributed by atoms with Crippen LogP contribution in [0.2, 0.25) is 0 Å². The first-order valence-corrected chi connectivity index (χ1v) is 39.7. The van der Waals surface area contributed by atoms with Gasteiger partial charge in [-0.1, -0.05) is 336 Å². The first-order valence-electron chi connectivity index (χ1n) is 39.7. The van der Waals surface area contributed by atoms with Gasteiger partial charge in [-0.2, -0.15) is 0 Å². The van der Waals surface area contributed by atoms with Crippen molar-refractivity contribution in [1.29, 1.82) is 0 Å². The van der Waals surface area contributed by atoms with Crippen molar-refractivity contribution in [2.45, 2.75) is 419 Å². The molecule has 0 bridgehead atoms. The smallest absolute Gasteiger partial charge is 0.307 e. The second kappa shape index (κ2) is 69.7. The van der Waals surface area contributed by atoms with Gasteiger partial charge in [0.05, 0.1) is 24.7 Å². The molecule has 0 saturated carbocycles. The van der Waals surface area contributed by atoms with Crippen molar-refractivity contribution in [1.82, 2.24) is 0 Å². The van der Waals surface area contributed by atoms with Crippen molar-refractivity contribution in [2.75, 3.05) is 26.4 Å². The third-order valence-corrected chi connectivity index (χ3v) is 18.3. The molecular weight excluding hydrogens is 1200 g/mol. The van der Waals surface area contributed by atoms with Gasteiger partial charge in [0.15, 0.2) is 12.2 Å². The van der Waals surface area contributed by atoms with Crippen molar-refractivity contribution in [3.05, 3.63) is 0 Å². The molecule has 0 aliphatic rings. The average Bonchev–Trinajstić information content (AvgIpc) is 2.89. The highest BCUT2D eigenvalue weighted by Gasteiger charge is 2.33. The monoisotopic (exact) mass is 1350 g/mol. The van der Waals surface area contributed by atoms with Crippen LogP contribution in [0.5, 0.6) is 0 Å². The van der Waals surface area contributed by atoms with Crippen LogP contribution >= 0.6 is 0 Å². The number of ether oxygens (including phenoxy) is 6. The van der Waals surface area contributed by atoms with Gasteiger partial charge in [-0.05, 0) is 32.1 Å². The minimum absolute atomic E-state index is 0.119. The summed E-state index contributed by atoms with van der Waals surface area (Å²) >= 11 is 0. The Morgan fingerprint density at radius 2 is 0.400 bits per heavy atom. The Labute approximate surface area is 579 Å². The first kappa shape index (κ1) is 90.8. The Hall–Kier alpha value is -4.24. The Kier molecular flexibility index (Phi) is 66.5. The number of hydrogen-bond donors (Lipinski definition) is 2. The average molecular weight is 1350 g/mol. The molecule has 0 rings (SSSR count). The van der Waals surface area contributed by atoms with E-state index in [0.29, 0.717) is 25.7 Å². The van der Waals surface area contributed by atoms with Gasteiger partial charge in [-0.3, -0.25) is 38.4 Å². The van der Waals surface area contributed by atoms with E-state index < -0.39 is 104 Å². The second-order valence-corrected chi connectivity index (χ2v) is 27.6. The van der Waals surface area contributed by atoms with E-state index in [1.165, 1.54) is 218 Å². The minimum atomic E-state index is -1.60. The van der Waals surface area contributed by atoms with E-state index in [9.17, 15) is 48.6 Å². The molecule has 0 aromatic carbocycles. The number of carboxylic acid groups (broad SMARTS) is 2. The number of carboxylic acids is 2. The van der Waals surface area contributed by atoms with Gasteiger partial charge < -0.3 is 38.6 Å². The minimum Gasteiger partial charge on any atom is -0.481 e. The number of aliphatic carboxylic acids is 2. The van der Waals surface area contributed by atoms with Crippen LogP contribution in [0.1, 0.15) is 407 Å². The summed E-state index contributed by atoms with van der Waals surface area (Å²) in [5, 5.41) is 20.4. The highest BCUT2D eigenvalue weighted by molar-refractivity contribution is 5.82.